The van der Waals surface area contributed by atoms with Gasteiger partial charge in [0, 0.05) is 16.5 Å². The molecule has 0 N–H and O–H groups in total. The third-order valence-electron chi connectivity index (χ3n) is 3.10. The summed E-state index contributed by atoms with van der Waals surface area (Å²) in [4.78, 5) is 23.8. The maximum Gasteiger partial charge on any atom is 0.338 e. The van der Waals surface area contributed by atoms with Gasteiger partial charge in [-0.2, -0.15) is 0 Å². The van der Waals surface area contributed by atoms with E-state index in [0.717, 1.165) is 4.47 Å². The van der Waals surface area contributed by atoms with Gasteiger partial charge in [0.1, 0.15) is 0 Å². The minimum atomic E-state index is -0.486. The van der Waals surface area contributed by atoms with Gasteiger partial charge >= 0.3 is 5.97 Å². The summed E-state index contributed by atoms with van der Waals surface area (Å²) in [6.45, 7) is 0.168. The second kappa shape index (κ2) is 8.48. The average molecular weight is 416 g/mol. The molecule has 0 heterocycles. The van der Waals surface area contributed by atoms with Crippen LogP contribution < -0.4 is 0 Å². The summed E-state index contributed by atoms with van der Waals surface area (Å²) in [6, 6.07) is 11.7. The van der Waals surface area contributed by atoms with Crippen molar-refractivity contribution in [2.24, 2.45) is 0 Å². The Labute approximate surface area is 152 Å². The van der Waals surface area contributed by atoms with Crippen LogP contribution >= 0.6 is 39.1 Å². The van der Waals surface area contributed by atoms with Crippen LogP contribution in [-0.4, -0.2) is 18.4 Å². The molecule has 23 heavy (non-hydrogen) atoms. The Morgan fingerprint density at radius 1 is 0.957 bits per heavy atom. The fourth-order valence-electron chi connectivity index (χ4n) is 1.88. The van der Waals surface area contributed by atoms with E-state index in [9.17, 15) is 9.59 Å². The van der Waals surface area contributed by atoms with Crippen LogP contribution in [0.1, 0.15) is 33.6 Å². The van der Waals surface area contributed by atoms with E-state index in [1.54, 1.807) is 18.2 Å². The maximum atomic E-state index is 12.0. The van der Waals surface area contributed by atoms with E-state index < -0.39 is 5.97 Å². The van der Waals surface area contributed by atoms with Gasteiger partial charge in [-0.1, -0.05) is 51.3 Å². The molecule has 0 bridgehead atoms. The average Bonchev–Trinajstić information content (AvgIpc) is 2.54. The molecule has 0 amide bonds. The largest absolute Gasteiger partial charge is 0.462 e. The van der Waals surface area contributed by atoms with Crippen molar-refractivity contribution in [1.29, 1.82) is 0 Å². The highest BCUT2D eigenvalue weighted by Crippen LogP contribution is 2.23. The highest BCUT2D eigenvalue weighted by Gasteiger charge is 2.10. The predicted molar refractivity (Wildman–Crippen MR) is 94.5 cm³/mol. The molecule has 0 aliphatic rings. The van der Waals surface area contributed by atoms with E-state index in [4.69, 9.17) is 27.9 Å². The number of Topliss-reactive ketones (excluding diaryl/α,β-unsaturated/α-hetero) is 1. The smallest absolute Gasteiger partial charge is 0.338 e. The van der Waals surface area contributed by atoms with Gasteiger partial charge < -0.3 is 4.74 Å². The van der Waals surface area contributed by atoms with Crippen LogP contribution in [0.5, 0.6) is 0 Å². The van der Waals surface area contributed by atoms with Crippen LogP contribution in [0, 0.1) is 0 Å². The van der Waals surface area contributed by atoms with Crippen LogP contribution in [0.15, 0.2) is 46.9 Å². The summed E-state index contributed by atoms with van der Waals surface area (Å²) >= 11 is 15.0. The monoisotopic (exact) mass is 414 g/mol. The molecular formula is C17H13BrCl2O3. The minimum Gasteiger partial charge on any atom is -0.462 e. The second-order valence-corrected chi connectivity index (χ2v) is 6.53. The van der Waals surface area contributed by atoms with Crippen molar-refractivity contribution in [1.82, 2.24) is 0 Å². The van der Waals surface area contributed by atoms with E-state index in [2.05, 4.69) is 15.9 Å². The highest BCUT2D eigenvalue weighted by atomic mass is 79.9. The van der Waals surface area contributed by atoms with Gasteiger partial charge in [-0.05, 0) is 36.8 Å². The van der Waals surface area contributed by atoms with Gasteiger partial charge in [0.25, 0.3) is 0 Å². The molecule has 6 heteroatoms. The Morgan fingerprint density at radius 2 is 1.61 bits per heavy atom. The van der Waals surface area contributed by atoms with Crippen molar-refractivity contribution < 1.29 is 14.3 Å². The summed E-state index contributed by atoms with van der Waals surface area (Å²) in [5.74, 6) is -0.470. The molecule has 0 radical (unpaired) electrons. The van der Waals surface area contributed by atoms with Gasteiger partial charge in [0.05, 0.1) is 22.2 Å². The lowest BCUT2D eigenvalue weighted by atomic mass is 10.1. The van der Waals surface area contributed by atoms with Crippen LogP contribution in [0.25, 0.3) is 0 Å². The molecular weight excluding hydrogens is 403 g/mol. The molecule has 3 nitrogen and oxygen atoms in total. The van der Waals surface area contributed by atoms with Crippen LogP contribution in [0.4, 0.5) is 0 Å². The number of ether oxygens (including phenoxy) is 1. The molecule has 2 rings (SSSR count). The summed E-state index contributed by atoms with van der Waals surface area (Å²) in [5, 5.41) is 0.676. The first-order valence-electron chi connectivity index (χ1n) is 6.88. The second-order valence-electron chi connectivity index (χ2n) is 4.80. The highest BCUT2D eigenvalue weighted by molar-refractivity contribution is 9.10. The summed E-state index contributed by atoms with van der Waals surface area (Å²) in [6.07, 6.45) is 0.776. The zero-order valence-corrected chi connectivity index (χ0v) is 15.1. The van der Waals surface area contributed by atoms with Crippen LogP contribution in [0.3, 0.4) is 0 Å². The van der Waals surface area contributed by atoms with Gasteiger partial charge in [0.2, 0.25) is 0 Å². The van der Waals surface area contributed by atoms with E-state index in [0.29, 0.717) is 34.0 Å². The third kappa shape index (κ3) is 5.34. The third-order valence-corrected chi connectivity index (χ3v) is 4.37. The van der Waals surface area contributed by atoms with Crippen molar-refractivity contribution in [3.63, 3.8) is 0 Å². The molecule has 0 saturated carbocycles. The van der Waals surface area contributed by atoms with Gasteiger partial charge in [-0.3, -0.25) is 4.79 Å². The maximum absolute atomic E-state index is 12.0. The van der Waals surface area contributed by atoms with Crippen molar-refractivity contribution in [2.75, 3.05) is 6.61 Å². The molecule has 0 aliphatic heterocycles. The first-order valence-corrected chi connectivity index (χ1v) is 8.43. The van der Waals surface area contributed by atoms with Gasteiger partial charge in [-0.25, -0.2) is 4.79 Å². The molecule has 0 spiro atoms. The Kier molecular flexibility index (Phi) is 6.63. The van der Waals surface area contributed by atoms with E-state index >= 15 is 0 Å². The number of carbonyl (C=O) groups excluding carboxylic acids is 2. The molecule has 0 atom stereocenters. The number of benzene rings is 2. The van der Waals surface area contributed by atoms with E-state index in [-0.39, 0.29) is 12.4 Å². The SMILES string of the molecule is O=C(CCCOC(=O)c1ccc(Cl)c(Cl)c1)c1ccc(Br)cc1. The number of hydrogen-bond donors (Lipinski definition) is 0. The first-order chi connectivity index (χ1) is 11.0. The zero-order chi connectivity index (χ0) is 16.8. The molecule has 0 fully saturated rings. The van der Waals surface area contributed by atoms with Crippen molar-refractivity contribution in [3.05, 3.63) is 68.1 Å². The molecule has 0 aromatic heterocycles. The fraction of sp³-hybridized carbons (Fsp3) is 0.176. The predicted octanol–water partition coefficient (Wildman–Crippen LogP) is 5.58. The van der Waals surface area contributed by atoms with Gasteiger partial charge in [-0.15, -0.1) is 0 Å². The topological polar surface area (TPSA) is 43.4 Å². The number of halogens is 3. The zero-order valence-electron chi connectivity index (χ0n) is 12.0. The summed E-state index contributed by atoms with van der Waals surface area (Å²) in [7, 11) is 0. The lowest BCUT2D eigenvalue weighted by Gasteiger charge is -2.06. The lowest BCUT2D eigenvalue weighted by Crippen LogP contribution is -2.08. The van der Waals surface area contributed by atoms with Crippen molar-refractivity contribution in [2.45, 2.75) is 12.8 Å². The van der Waals surface area contributed by atoms with Crippen LogP contribution in [0.2, 0.25) is 10.0 Å². The van der Waals surface area contributed by atoms with Gasteiger partial charge in [0.15, 0.2) is 5.78 Å². The Morgan fingerprint density at radius 3 is 2.26 bits per heavy atom. The van der Waals surface area contributed by atoms with Crippen LogP contribution in [-0.2, 0) is 4.74 Å². The quantitative estimate of drug-likeness (QED) is 0.351. The molecule has 2 aromatic carbocycles. The standard InChI is InChI=1S/C17H13BrCl2O3/c18-13-6-3-11(4-7-13)16(21)2-1-9-23-17(22)12-5-8-14(19)15(20)10-12/h3-8,10H,1-2,9H2. The molecule has 0 aliphatic carbocycles. The molecule has 0 unspecified atom stereocenters. The first kappa shape index (κ1) is 18.0. The van der Waals surface area contributed by atoms with E-state index in [1.165, 1.54) is 12.1 Å². The fourth-order valence-corrected chi connectivity index (χ4v) is 2.45. The Bertz CT molecular complexity index is 714. The van der Waals surface area contributed by atoms with Crippen molar-refractivity contribution in [3.8, 4) is 0 Å². The summed E-state index contributed by atoms with van der Waals surface area (Å²) < 4.78 is 6.05. The number of esters is 1. The molecule has 0 saturated heterocycles. The molecule has 2 aromatic rings. The lowest BCUT2D eigenvalue weighted by molar-refractivity contribution is 0.0494. The number of rotatable bonds is 6. The molecule has 120 valence electrons. The normalized spacial score (nSPS) is 10.4. The number of hydrogen-bond acceptors (Lipinski definition) is 3. The Hall–Kier alpha value is -1.36. The minimum absolute atomic E-state index is 0.0167. The number of carbonyl (C=O) groups is 2. The Balaban J connectivity index is 1.78. The summed E-state index contributed by atoms with van der Waals surface area (Å²) in [5.41, 5.74) is 0.975. The van der Waals surface area contributed by atoms with E-state index in [1.807, 2.05) is 12.1 Å². The number of ketones is 1. The van der Waals surface area contributed by atoms with Crippen molar-refractivity contribution >= 4 is 50.9 Å².